The van der Waals surface area contributed by atoms with Crippen LogP contribution in [0.2, 0.25) is 0 Å². The fourth-order valence-corrected chi connectivity index (χ4v) is 0.842. The average Bonchev–Trinajstić information content (AvgIpc) is 2.02. The number of carbonyl (C=O) groups excluding carboxylic acids is 3. The van der Waals surface area contributed by atoms with Gasteiger partial charge in [0.2, 0.25) is 0 Å². The molecule has 0 amide bonds. The molecule has 2 atom stereocenters. The molecule has 0 radical (unpaired) electrons. The molecule has 0 spiro atoms. The normalized spacial score (nSPS) is 14.4. The summed E-state index contributed by atoms with van der Waals surface area (Å²) in [6.45, 7) is 0. The number of rotatable bonds is 6. The van der Waals surface area contributed by atoms with E-state index in [1.807, 2.05) is 0 Å². The minimum atomic E-state index is -2.28. The Kier molecular flexibility index (Phi) is 4.57. The molecule has 0 fully saturated rings. The van der Waals surface area contributed by atoms with Gasteiger partial charge in [0.25, 0.3) is 0 Å². The van der Waals surface area contributed by atoms with Crippen LogP contribution in [0.1, 0.15) is 12.8 Å². The predicted octanol–water partition coefficient (Wildman–Crippen LogP) is -5.01. The smallest absolute Gasteiger partial charge is 0.101 e. The molecule has 0 saturated carbocycles. The number of carboxylic acid groups (broad SMARTS) is 3. The van der Waals surface area contributed by atoms with Crippen molar-refractivity contribution in [2.75, 3.05) is 0 Å². The van der Waals surface area contributed by atoms with Crippen LogP contribution in [-0.2, 0) is 14.4 Å². The number of carboxylic acids is 3. The Bertz CT molecular complexity index is 246. The van der Waals surface area contributed by atoms with Crippen molar-refractivity contribution in [3.63, 3.8) is 0 Å². The summed E-state index contributed by atoms with van der Waals surface area (Å²) in [6, 6.07) is 0. The van der Waals surface area contributed by atoms with E-state index >= 15 is 0 Å². The Balaban J connectivity index is 4.37. The third kappa shape index (κ3) is 3.85. The Labute approximate surface area is 78.6 Å². The lowest BCUT2D eigenvalue weighted by atomic mass is 9.97. The van der Waals surface area contributed by atoms with Crippen LogP contribution in [0.4, 0.5) is 0 Å². The minimum Gasteiger partial charge on any atom is -0.550 e. The molecule has 0 aliphatic carbocycles. The Morgan fingerprint density at radius 3 is 1.86 bits per heavy atom. The summed E-state index contributed by atoms with van der Waals surface area (Å²) < 4.78 is 0. The molecular weight excluding hydrogens is 196 g/mol. The van der Waals surface area contributed by atoms with E-state index in [0.29, 0.717) is 0 Å². The molecular formula is C7H7O7-3. The average molecular weight is 203 g/mol. The second-order valence-electron chi connectivity index (χ2n) is 2.60. The summed E-state index contributed by atoms with van der Waals surface area (Å²) in [5.74, 6) is -7.18. The zero-order valence-corrected chi connectivity index (χ0v) is 6.97. The molecule has 80 valence electrons. The lowest BCUT2D eigenvalue weighted by Gasteiger charge is -2.24. The number of aliphatic hydroxyl groups excluding tert-OH is 1. The van der Waals surface area contributed by atoms with Gasteiger partial charge >= 0.3 is 0 Å². The van der Waals surface area contributed by atoms with Gasteiger partial charge in [-0.3, -0.25) is 0 Å². The van der Waals surface area contributed by atoms with E-state index in [-0.39, 0.29) is 0 Å². The first-order valence-corrected chi connectivity index (χ1v) is 3.66. The lowest BCUT2D eigenvalue weighted by Crippen LogP contribution is -2.48. The molecule has 0 aromatic carbocycles. The highest BCUT2D eigenvalue weighted by atomic mass is 16.4. The van der Waals surface area contributed by atoms with Crippen LogP contribution in [0.3, 0.4) is 0 Å². The van der Waals surface area contributed by atoms with Gasteiger partial charge in [-0.25, -0.2) is 0 Å². The molecule has 7 nitrogen and oxygen atoms in total. The summed E-state index contributed by atoms with van der Waals surface area (Å²) in [7, 11) is 0. The predicted molar refractivity (Wildman–Crippen MR) is 33.8 cm³/mol. The van der Waals surface area contributed by atoms with Crippen molar-refractivity contribution in [1.29, 1.82) is 0 Å². The first-order chi connectivity index (χ1) is 6.36. The molecule has 0 aliphatic rings. The lowest BCUT2D eigenvalue weighted by molar-refractivity contribution is -0.331. The molecule has 0 heterocycles. The summed E-state index contributed by atoms with van der Waals surface area (Å²) in [5.41, 5.74) is 0. The van der Waals surface area contributed by atoms with Crippen molar-refractivity contribution in [3.8, 4) is 0 Å². The summed E-state index contributed by atoms with van der Waals surface area (Å²) in [5, 5.41) is 39.1. The van der Waals surface area contributed by atoms with E-state index in [9.17, 15) is 29.7 Å². The van der Waals surface area contributed by atoms with Gasteiger partial charge in [-0.05, 0) is 12.8 Å². The van der Waals surface area contributed by atoms with Crippen LogP contribution in [0.15, 0.2) is 0 Å². The fourth-order valence-electron chi connectivity index (χ4n) is 0.842. The van der Waals surface area contributed by atoms with Crippen LogP contribution in [0, 0.1) is 5.92 Å². The van der Waals surface area contributed by atoms with E-state index < -0.39 is 42.8 Å². The van der Waals surface area contributed by atoms with Gasteiger partial charge in [0, 0.05) is 17.9 Å². The monoisotopic (exact) mass is 203 g/mol. The summed E-state index contributed by atoms with van der Waals surface area (Å²) in [6.07, 6.45) is -3.54. The van der Waals surface area contributed by atoms with Crippen molar-refractivity contribution >= 4 is 17.9 Å². The number of aliphatic carboxylic acids is 3. The van der Waals surface area contributed by atoms with Crippen LogP contribution in [-0.4, -0.2) is 29.1 Å². The van der Waals surface area contributed by atoms with E-state index in [1.54, 1.807) is 0 Å². The largest absolute Gasteiger partial charge is 0.550 e. The van der Waals surface area contributed by atoms with Gasteiger partial charge in [0.15, 0.2) is 0 Å². The maximum absolute atomic E-state index is 10.3. The standard InChI is InChI=1S/C7H10O7/c8-4(9)2-1-3(6(11)12)5(10)7(13)14/h3,5,10H,1-2H2,(H,8,9)(H,11,12)(H,13,14)/p-3. The summed E-state index contributed by atoms with van der Waals surface area (Å²) >= 11 is 0. The molecule has 0 aromatic heterocycles. The maximum atomic E-state index is 10.3. The second kappa shape index (κ2) is 5.18. The topological polar surface area (TPSA) is 141 Å². The van der Waals surface area contributed by atoms with Crippen LogP contribution in [0.25, 0.3) is 0 Å². The molecule has 14 heavy (non-hydrogen) atoms. The quantitative estimate of drug-likeness (QED) is 0.455. The third-order valence-electron chi connectivity index (χ3n) is 1.58. The van der Waals surface area contributed by atoms with Gasteiger partial charge in [-0.2, -0.15) is 0 Å². The number of hydrogen-bond donors (Lipinski definition) is 1. The maximum Gasteiger partial charge on any atom is 0.101 e. The van der Waals surface area contributed by atoms with Crippen molar-refractivity contribution in [2.24, 2.45) is 5.92 Å². The highest BCUT2D eigenvalue weighted by molar-refractivity contribution is 5.79. The first kappa shape index (κ1) is 12.4. The highest BCUT2D eigenvalue weighted by Crippen LogP contribution is 2.10. The van der Waals surface area contributed by atoms with Crippen molar-refractivity contribution in [3.05, 3.63) is 0 Å². The van der Waals surface area contributed by atoms with Gasteiger partial charge in [-0.1, -0.05) is 0 Å². The Hall–Kier alpha value is -1.63. The Morgan fingerprint density at radius 1 is 1.07 bits per heavy atom. The number of hydrogen-bond acceptors (Lipinski definition) is 7. The minimum absolute atomic E-state index is 0.584. The van der Waals surface area contributed by atoms with E-state index in [4.69, 9.17) is 5.11 Å². The molecule has 0 aromatic rings. The van der Waals surface area contributed by atoms with Gasteiger partial charge in [-0.15, -0.1) is 0 Å². The first-order valence-electron chi connectivity index (χ1n) is 3.66. The van der Waals surface area contributed by atoms with E-state index in [0.717, 1.165) is 0 Å². The molecule has 0 aliphatic heterocycles. The molecule has 0 bridgehead atoms. The SMILES string of the molecule is O=C([O-])CCC(C(=O)[O-])C(O)C(=O)[O-]. The molecule has 2 unspecified atom stereocenters. The summed E-state index contributed by atoms with van der Waals surface area (Å²) in [4.78, 5) is 30.3. The van der Waals surface area contributed by atoms with Gasteiger partial charge < -0.3 is 34.8 Å². The molecule has 7 heteroatoms. The van der Waals surface area contributed by atoms with Crippen molar-refractivity contribution in [2.45, 2.75) is 18.9 Å². The van der Waals surface area contributed by atoms with Gasteiger partial charge in [0.1, 0.15) is 6.10 Å². The second-order valence-corrected chi connectivity index (χ2v) is 2.60. The van der Waals surface area contributed by atoms with E-state index in [2.05, 4.69) is 0 Å². The van der Waals surface area contributed by atoms with Crippen LogP contribution < -0.4 is 15.3 Å². The zero-order chi connectivity index (χ0) is 11.3. The molecule has 0 saturated heterocycles. The number of carbonyl (C=O) groups is 3. The molecule has 0 rings (SSSR count). The number of aliphatic hydroxyl groups is 1. The highest BCUT2D eigenvalue weighted by Gasteiger charge is 2.21. The fraction of sp³-hybridized carbons (Fsp3) is 0.571. The van der Waals surface area contributed by atoms with Crippen LogP contribution >= 0.6 is 0 Å². The third-order valence-corrected chi connectivity index (χ3v) is 1.58. The van der Waals surface area contributed by atoms with Crippen LogP contribution in [0.5, 0.6) is 0 Å². The molecule has 1 N–H and O–H groups in total. The Morgan fingerprint density at radius 2 is 1.57 bits per heavy atom. The zero-order valence-electron chi connectivity index (χ0n) is 6.97. The van der Waals surface area contributed by atoms with Gasteiger partial charge in [0.05, 0.1) is 5.97 Å². The van der Waals surface area contributed by atoms with E-state index in [1.165, 1.54) is 0 Å². The van der Waals surface area contributed by atoms with Crippen molar-refractivity contribution < 1.29 is 34.8 Å². The van der Waals surface area contributed by atoms with Crippen molar-refractivity contribution in [1.82, 2.24) is 0 Å².